The van der Waals surface area contributed by atoms with Crippen molar-refractivity contribution in [3.63, 3.8) is 0 Å². The zero-order valence-electron chi connectivity index (χ0n) is 13.9. The van der Waals surface area contributed by atoms with E-state index < -0.39 is 7.82 Å². The normalized spacial score (nSPS) is 11.8. The van der Waals surface area contributed by atoms with Gasteiger partial charge in [0.25, 0.3) is 0 Å². The quantitative estimate of drug-likeness (QED) is 0.710. The lowest BCUT2D eigenvalue weighted by Gasteiger charge is -2.15. The van der Waals surface area contributed by atoms with Crippen molar-refractivity contribution in [1.82, 2.24) is 0 Å². The summed E-state index contributed by atoms with van der Waals surface area (Å²) >= 11 is 0. The lowest BCUT2D eigenvalue weighted by Crippen LogP contribution is -2.00. The van der Waals surface area contributed by atoms with Crippen molar-refractivity contribution in [2.45, 2.75) is 39.5 Å². The van der Waals surface area contributed by atoms with Crippen molar-refractivity contribution < 1.29 is 18.5 Å². The first-order valence-electron chi connectivity index (χ1n) is 7.69. The lowest BCUT2D eigenvalue weighted by atomic mass is 10.0. The third-order valence-electron chi connectivity index (χ3n) is 3.54. The summed E-state index contributed by atoms with van der Waals surface area (Å²) in [6.45, 7) is 8.32. The zero-order chi connectivity index (χ0) is 17.0. The summed E-state index contributed by atoms with van der Waals surface area (Å²) in [4.78, 5) is 9.89. The predicted octanol–water partition coefficient (Wildman–Crippen LogP) is 5.49. The molecule has 0 unspecified atom stereocenters. The average molecular weight is 334 g/mol. The lowest BCUT2D eigenvalue weighted by molar-refractivity contribution is 0.291. The van der Waals surface area contributed by atoms with Crippen LogP contribution in [0.15, 0.2) is 48.5 Å². The van der Waals surface area contributed by atoms with Crippen LogP contribution >= 0.6 is 7.82 Å². The molecule has 0 aliphatic carbocycles. The molecular weight excluding hydrogens is 311 g/mol. The molecule has 0 aromatic heterocycles. The van der Waals surface area contributed by atoms with Gasteiger partial charge in [0, 0.05) is 0 Å². The van der Waals surface area contributed by atoms with Gasteiger partial charge in [-0.25, -0.2) is 4.57 Å². The van der Waals surface area contributed by atoms with Gasteiger partial charge in [-0.05, 0) is 47.2 Å². The van der Waals surface area contributed by atoms with Gasteiger partial charge in [0.15, 0.2) is 0 Å². The highest BCUT2D eigenvalue weighted by atomic mass is 31.2. The Labute approximate surface area is 137 Å². The van der Waals surface area contributed by atoms with E-state index in [-0.39, 0.29) is 0 Å². The first-order chi connectivity index (χ1) is 10.8. The molecule has 0 aliphatic rings. The van der Waals surface area contributed by atoms with E-state index in [0.29, 0.717) is 23.3 Å². The minimum Gasteiger partial charge on any atom is -0.395 e. The number of hydrogen-bond acceptors (Lipinski definition) is 3. The Bertz CT molecular complexity index is 618. The first-order valence-corrected chi connectivity index (χ1v) is 9.18. The van der Waals surface area contributed by atoms with E-state index in [4.69, 9.17) is 9.05 Å². The van der Waals surface area contributed by atoms with Crippen molar-refractivity contribution in [2.24, 2.45) is 0 Å². The van der Waals surface area contributed by atoms with Gasteiger partial charge in [0.1, 0.15) is 11.5 Å². The fourth-order valence-corrected chi connectivity index (χ4v) is 2.93. The molecule has 5 heteroatoms. The Morgan fingerprint density at radius 3 is 1.30 bits per heavy atom. The molecule has 0 fully saturated rings. The Morgan fingerprint density at radius 2 is 1.04 bits per heavy atom. The summed E-state index contributed by atoms with van der Waals surface area (Å²) < 4.78 is 22.3. The van der Waals surface area contributed by atoms with E-state index in [1.807, 2.05) is 24.3 Å². The highest BCUT2D eigenvalue weighted by Crippen LogP contribution is 2.44. The van der Waals surface area contributed by atoms with Gasteiger partial charge in [0.05, 0.1) is 0 Å². The summed E-state index contributed by atoms with van der Waals surface area (Å²) in [5.74, 6) is 1.39. The van der Waals surface area contributed by atoms with Gasteiger partial charge in [-0.2, -0.15) is 0 Å². The molecule has 0 saturated heterocycles. The zero-order valence-corrected chi connectivity index (χ0v) is 14.8. The molecule has 4 nitrogen and oxygen atoms in total. The van der Waals surface area contributed by atoms with Gasteiger partial charge in [-0.15, -0.1) is 0 Å². The van der Waals surface area contributed by atoms with Crippen LogP contribution in [0.25, 0.3) is 0 Å². The molecular formula is C18H23O4P. The molecule has 0 bridgehead atoms. The molecule has 0 spiro atoms. The molecule has 0 aliphatic heterocycles. The van der Waals surface area contributed by atoms with E-state index in [2.05, 4.69) is 27.7 Å². The molecule has 0 amide bonds. The number of phosphoric ester groups is 1. The van der Waals surface area contributed by atoms with Crippen LogP contribution in [0.4, 0.5) is 0 Å². The number of phosphoric acid groups is 1. The molecule has 1 N–H and O–H groups in total. The van der Waals surface area contributed by atoms with Crippen LogP contribution in [0.3, 0.4) is 0 Å². The molecule has 0 heterocycles. The summed E-state index contributed by atoms with van der Waals surface area (Å²) in [5, 5.41) is 0. The maximum Gasteiger partial charge on any atom is 0.584 e. The van der Waals surface area contributed by atoms with E-state index in [1.54, 1.807) is 24.3 Å². The van der Waals surface area contributed by atoms with Crippen LogP contribution in [0.5, 0.6) is 11.5 Å². The van der Waals surface area contributed by atoms with Crippen molar-refractivity contribution >= 4 is 7.82 Å². The van der Waals surface area contributed by atoms with E-state index in [1.165, 1.54) is 0 Å². The van der Waals surface area contributed by atoms with Crippen molar-refractivity contribution in [2.75, 3.05) is 0 Å². The van der Waals surface area contributed by atoms with Crippen LogP contribution in [-0.4, -0.2) is 4.89 Å². The fourth-order valence-electron chi connectivity index (χ4n) is 2.11. The number of hydrogen-bond donors (Lipinski definition) is 1. The fraction of sp³-hybridized carbons (Fsp3) is 0.333. The molecule has 0 saturated carbocycles. The van der Waals surface area contributed by atoms with Gasteiger partial charge in [-0.3, -0.25) is 4.89 Å². The summed E-state index contributed by atoms with van der Waals surface area (Å²) in [6.07, 6.45) is 0. The summed E-state index contributed by atoms with van der Waals surface area (Å²) in [7, 11) is -4.21. The maximum absolute atomic E-state index is 12.1. The molecule has 124 valence electrons. The van der Waals surface area contributed by atoms with Gasteiger partial charge >= 0.3 is 7.82 Å². The third kappa shape index (κ3) is 5.12. The Hall–Kier alpha value is -1.77. The maximum atomic E-state index is 12.1. The first kappa shape index (κ1) is 17.6. The molecule has 0 radical (unpaired) electrons. The Balaban J connectivity index is 2.05. The third-order valence-corrected chi connectivity index (χ3v) is 4.42. The monoisotopic (exact) mass is 334 g/mol. The molecule has 2 aromatic carbocycles. The number of benzene rings is 2. The second kappa shape index (κ2) is 7.20. The Morgan fingerprint density at radius 1 is 0.739 bits per heavy atom. The molecule has 2 aromatic rings. The smallest absolute Gasteiger partial charge is 0.395 e. The van der Waals surface area contributed by atoms with E-state index >= 15 is 0 Å². The van der Waals surface area contributed by atoms with Gasteiger partial charge in [0.2, 0.25) is 0 Å². The SMILES string of the molecule is CC(C)c1ccc(OP(=O)(O)Oc2ccc(C(C)C)cc2)cc1. The Kier molecular flexibility index (Phi) is 5.51. The largest absolute Gasteiger partial charge is 0.584 e. The highest BCUT2D eigenvalue weighted by molar-refractivity contribution is 7.48. The van der Waals surface area contributed by atoms with Gasteiger partial charge < -0.3 is 9.05 Å². The topological polar surface area (TPSA) is 55.8 Å². The van der Waals surface area contributed by atoms with Crippen molar-refractivity contribution in [3.8, 4) is 11.5 Å². The van der Waals surface area contributed by atoms with E-state index in [9.17, 15) is 9.46 Å². The predicted molar refractivity (Wildman–Crippen MR) is 92.1 cm³/mol. The molecule has 23 heavy (non-hydrogen) atoms. The van der Waals surface area contributed by atoms with Crippen LogP contribution in [0.2, 0.25) is 0 Å². The average Bonchev–Trinajstić information content (AvgIpc) is 2.47. The minimum atomic E-state index is -4.21. The van der Waals surface area contributed by atoms with Crippen LogP contribution in [0, 0.1) is 0 Å². The standard InChI is InChI=1S/C18H23O4P/c1-13(2)15-5-9-17(10-6-15)21-23(19,20)22-18-11-7-16(8-12-18)14(3)4/h5-14H,1-4H3,(H,19,20). The molecule has 0 atom stereocenters. The molecule has 2 rings (SSSR count). The van der Waals surface area contributed by atoms with Crippen molar-refractivity contribution in [1.29, 1.82) is 0 Å². The summed E-state index contributed by atoms with van der Waals surface area (Å²) in [6, 6.07) is 14.2. The van der Waals surface area contributed by atoms with Crippen LogP contribution < -0.4 is 9.05 Å². The van der Waals surface area contributed by atoms with Gasteiger partial charge in [-0.1, -0.05) is 52.0 Å². The second-order valence-corrected chi connectivity index (χ2v) is 7.40. The number of rotatable bonds is 6. The minimum absolute atomic E-state index is 0.305. The van der Waals surface area contributed by atoms with Crippen LogP contribution in [-0.2, 0) is 4.57 Å². The second-order valence-electron chi connectivity index (χ2n) is 6.10. The van der Waals surface area contributed by atoms with Crippen LogP contribution in [0.1, 0.15) is 50.7 Å². The van der Waals surface area contributed by atoms with E-state index in [0.717, 1.165) is 11.1 Å². The summed E-state index contributed by atoms with van der Waals surface area (Å²) in [5.41, 5.74) is 2.27. The highest BCUT2D eigenvalue weighted by Gasteiger charge is 2.25. The van der Waals surface area contributed by atoms with Crippen molar-refractivity contribution in [3.05, 3.63) is 59.7 Å².